The fourth-order valence-corrected chi connectivity index (χ4v) is 2.39. The van der Waals surface area contributed by atoms with Gasteiger partial charge in [-0.05, 0) is 36.7 Å². The Balaban J connectivity index is 0.000000847. The van der Waals surface area contributed by atoms with E-state index in [0.29, 0.717) is 0 Å². The summed E-state index contributed by atoms with van der Waals surface area (Å²) in [4.78, 5) is 0. The minimum absolute atomic E-state index is 0.836. The third-order valence-electron chi connectivity index (χ3n) is 3.47. The summed E-state index contributed by atoms with van der Waals surface area (Å²) < 4.78 is 5.99. The van der Waals surface area contributed by atoms with Crippen molar-refractivity contribution in [3.8, 4) is 0 Å². The molecule has 0 saturated heterocycles. The monoisotopic (exact) mass is 293 g/mol. The minimum atomic E-state index is 0.836. The molecule has 0 radical (unpaired) electrons. The van der Waals surface area contributed by atoms with Gasteiger partial charge in [0, 0.05) is 10.8 Å². The van der Waals surface area contributed by atoms with Crippen LogP contribution in [-0.2, 0) is 6.42 Å². The Morgan fingerprint density at radius 1 is 1.05 bits per heavy atom. The summed E-state index contributed by atoms with van der Waals surface area (Å²) >= 11 is 0. The highest BCUT2D eigenvalue weighted by molar-refractivity contribution is 6.05. The van der Waals surface area contributed by atoms with Gasteiger partial charge in [-0.15, -0.1) is 0 Å². The molecular weight excluding hydrogens is 270 g/mol. The summed E-state index contributed by atoms with van der Waals surface area (Å²) in [6.45, 7) is 5.98. The van der Waals surface area contributed by atoms with Gasteiger partial charge in [0.1, 0.15) is 11.2 Å². The molecule has 0 aliphatic rings. The van der Waals surface area contributed by atoms with Gasteiger partial charge in [-0.1, -0.05) is 62.4 Å². The van der Waals surface area contributed by atoms with Gasteiger partial charge in [0.2, 0.25) is 0 Å². The average Bonchev–Trinajstić information content (AvgIpc) is 2.96. The molecule has 0 fully saturated rings. The summed E-state index contributed by atoms with van der Waals surface area (Å²) in [5, 5.41) is 2.35. The Morgan fingerprint density at radius 3 is 2.55 bits per heavy atom. The molecule has 114 valence electrons. The van der Waals surface area contributed by atoms with Crippen LogP contribution in [0.2, 0.25) is 0 Å². The van der Waals surface area contributed by atoms with Gasteiger partial charge in [-0.3, -0.25) is 0 Å². The van der Waals surface area contributed by atoms with E-state index in [9.17, 15) is 0 Å². The summed E-state index contributed by atoms with van der Waals surface area (Å²) in [7, 11) is 0. The van der Waals surface area contributed by atoms with Crippen LogP contribution in [-0.4, -0.2) is 0 Å². The SMILES string of the molecule is CC.CC(/C=C\Cc1cccc2c1oc1ccccc12)=C/N. The zero-order chi connectivity index (χ0) is 15.9. The smallest absolute Gasteiger partial charge is 0.138 e. The number of allylic oxidation sites excluding steroid dienone is 3. The standard InChI is InChI=1S/C18H17NO.C2H6/c1-13(12-19)6-4-7-14-8-5-10-16-15-9-2-3-11-17(15)20-18(14)16;1-2/h2-6,8-12H,7,19H2,1H3;1-2H3/b6-4-,13-12-;. The van der Waals surface area contributed by atoms with Crippen LogP contribution < -0.4 is 5.73 Å². The van der Waals surface area contributed by atoms with E-state index in [1.54, 1.807) is 6.20 Å². The third kappa shape index (κ3) is 3.22. The maximum atomic E-state index is 5.99. The van der Waals surface area contributed by atoms with Crippen LogP contribution in [0.1, 0.15) is 26.3 Å². The van der Waals surface area contributed by atoms with E-state index in [-0.39, 0.29) is 0 Å². The van der Waals surface area contributed by atoms with Crippen LogP contribution >= 0.6 is 0 Å². The molecule has 3 rings (SSSR count). The zero-order valence-corrected chi connectivity index (χ0v) is 13.5. The first-order chi connectivity index (χ1) is 10.8. The van der Waals surface area contributed by atoms with E-state index in [0.717, 1.165) is 23.2 Å². The number of para-hydroxylation sites is 2. The highest BCUT2D eigenvalue weighted by atomic mass is 16.3. The molecule has 0 amide bonds. The lowest BCUT2D eigenvalue weighted by Crippen LogP contribution is -1.83. The van der Waals surface area contributed by atoms with Gasteiger partial charge >= 0.3 is 0 Å². The minimum Gasteiger partial charge on any atom is -0.456 e. The van der Waals surface area contributed by atoms with Gasteiger partial charge in [-0.2, -0.15) is 0 Å². The zero-order valence-electron chi connectivity index (χ0n) is 13.5. The number of nitrogens with two attached hydrogens (primary N) is 1. The number of hydrogen-bond acceptors (Lipinski definition) is 2. The topological polar surface area (TPSA) is 39.2 Å². The summed E-state index contributed by atoms with van der Waals surface area (Å²) in [5.74, 6) is 0. The molecule has 0 spiro atoms. The second-order valence-corrected chi connectivity index (χ2v) is 4.91. The van der Waals surface area contributed by atoms with Crippen LogP contribution in [0.25, 0.3) is 21.9 Å². The maximum absolute atomic E-state index is 5.99. The van der Waals surface area contributed by atoms with Crippen molar-refractivity contribution in [1.82, 2.24) is 0 Å². The molecule has 2 aromatic carbocycles. The maximum Gasteiger partial charge on any atom is 0.138 e. The Labute approximate surface area is 131 Å². The molecular formula is C20H23NO. The van der Waals surface area contributed by atoms with Gasteiger partial charge < -0.3 is 10.2 Å². The van der Waals surface area contributed by atoms with E-state index in [4.69, 9.17) is 10.2 Å². The van der Waals surface area contributed by atoms with Crippen molar-refractivity contribution < 1.29 is 4.42 Å². The van der Waals surface area contributed by atoms with Crippen LogP contribution in [0.4, 0.5) is 0 Å². The van der Waals surface area contributed by atoms with Crippen molar-refractivity contribution in [3.05, 3.63) is 72.0 Å². The molecule has 0 aliphatic heterocycles. The molecule has 0 saturated carbocycles. The van der Waals surface area contributed by atoms with E-state index in [1.807, 2.05) is 45.0 Å². The molecule has 22 heavy (non-hydrogen) atoms. The highest BCUT2D eigenvalue weighted by Crippen LogP contribution is 2.30. The average molecular weight is 293 g/mol. The first-order valence-electron chi connectivity index (χ1n) is 7.74. The Bertz CT molecular complexity index is 809. The van der Waals surface area contributed by atoms with Gasteiger partial charge in [0.15, 0.2) is 0 Å². The quantitative estimate of drug-likeness (QED) is 0.641. The number of furan rings is 1. The van der Waals surface area contributed by atoms with E-state index in [2.05, 4.69) is 30.3 Å². The Hall–Kier alpha value is -2.48. The molecule has 2 nitrogen and oxygen atoms in total. The van der Waals surface area contributed by atoms with Gasteiger partial charge in [-0.25, -0.2) is 0 Å². The lowest BCUT2D eigenvalue weighted by molar-refractivity contribution is 0.664. The van der Waals surface area contributed by atoms with E-state index < -0.39 is 0 Å². The van der Waals surface area contributed by atoms with Crippen molar-refractivity contribution in [1.29, 1.82) is 0 Å². The summed E-state index contributed by atoms with van der Waals surface area (Å²) in [5.41, 5.74) is 9.63. The Morgan fingerprint density at radius 2 is 1.77 bits per heavy atom. The van der Waals surface area contributed by atoms with Gasteiger partial charge in [0.25, 0.3) is 0 Å². The lowest BCUT2D eigenvalue weighted by atomic mass is 10.1. The van der Waals surface area contributed by atoms with Crippen molar-refractivity contribution in [2.24, 2.45) is 5.73 Å². The van der Waals surface area contributed by atoms with Crippen molar-refractivity contribution in [2.75, 3.05) is 0 Å². The van der Waals surface area contributed by atoms with Crippen molar-refractivity contribution in [3.63, 3.8) is 0 Å². The molecule has 1 aromatic heterocycles. The second-order valence-electron chi connectivity index (χ2n) is 4.91. The lowest BCUT2D eigenvalue weighted by Gasteiger charge is -1.98. The normalized spacial score (nSPS) is 11.9. The molecule has 3 aromatic rings. The molecule has 0 unspecified atom stereocenters. The van der Waals surface area contributed by atoms with Crippen LogP contribution in [0.15, 0.2) is 70.8 Å². The van der Waals surface area contributed by atoms with Crippen LogP contribution in [0, 0.1) is 0 Å². The Kier molecular flexibility index (Phi) is 5.42. The molecule has 2 N–H and O–H groups in total. The third-order valence-corrected chi connectivity index (χ3v) is 3.47. The molecule has 1 heterocycles. The van der Waals surface area contributed by atoms with Crippen LogP contribution in [0.3, 0.4) is 0 Å². The highest BCUT2D eigenvalue weighted by Gasteiger charge is 2.08. The van der Waals surface area contributed by atoms with Crippen LogP contribution in [0.5, 0.6) is 0 Å². The molecule has 2 heteroatoms. The number of benzene rings is 2. The molecule has 0 aliphatic carbocycles. The predicted molar refractivity (Wildman–Crippen MR) is 95.9 cm³/mol. The second kappa shape index (κ2) is 7.51. The predicted octanol–water partition coefficient (Wildman–Crippen LogP) is 5.57. The number of rotatable bonds is 3. The largest absolute Gasteiger partial charge is 0.456 e. The first-order valence-corrected chi connectivity index (χ1v) is 7.74. The van der Waals surface area contributed by atoms with Gasteiger partial charge in [0.05, 0.1) is 0 Å². The van der Waals surface area contributed by atoms with Crippen molar-refractivity contribution >= 4 is 21.9 Å². The summed E-state index contributed by atoms with van der Waals surface area (Å²) in [6, 6.07) is 14.5. The van der Waals surface area contributed by atoms with E-state index in [1.165, 1.54) is 16.3 Å². The number of hydrogen-bond donors (Lipinski definition) is 1. The number of fused-ring (bicyclic) bond motifs is 3. The van der Waals surface area contributed by atoms with Crippen molar-refractivity contribution in [2.45, 2.75) is 27.2 Å². The molecule has 0 bridgehead atoms. The first kappa shape index (κ1) is 15.9. The summed E-state index contributed by atoms with van der Waals surface area (Å²) in [6.07, 6.45) is 6.59. The van der Waals surface area contributed by atoms with E-state index >= 15 is 0 Å². The molecule has 0 atom stereocenters. The fourth-order valence-electron chi connectivity index (χ4n) is 2.39. The fraction of sp³-hybridized carbons (Fsp3) is 0.200.